The van der Waals surface area contributed by atoms with Crippen molar-refractivity contribution in [2.24, 2.45) is 5.41 Å². The first-order valence-electron chi connectivity index (χ1n) is 9.08. The highest BCUT2D eigenvalue weighted by molar-refractivity contribution is 5.68. The van der Waals surface area contributed by atoms with Gasteiger partial charge in [0.05, 0.1) is 0 Å². The van der Waals surface area contributed by atoms with E-state index in [1.165, 1.54) is 0 Å². The van der Waals surface area contributed by atoms with Crippen molar-refractivity contribution in [3.8, 4) is 5.75 Å². The van der Waals surface area contributed by atoms with Crippen molar-refractivity contribution < 1.29 is 14.6 Å². The lowest BCUT2D eigenvalue weighted by Gasteiger charge is -2.41. The molecule has 1 aliphatic heterocycles. The van der Waals surface area contributed by atoms with Crippen LogP contribution in [0, 0.1) is 5.41 Å². The second kappa shape index (κ2) is 7.65. The summed E-state index contributed by atoms with van der Waals surface area (Å²) < 4.78 is 5.52. The van der Waals surface area contributed by atoms with Crippen LogP contribution in [-0.2, 0) is 4.74 Å². The van der Waals surface area contributed by atoms with E-state index in [1.54, 1.807) is 12.1 Å². The van der Waals surface area contributed by atoms with E-state index in [1.807, 2.05) is 37.8 Å². The van der Waals surface area contributed by atoms with Crippen LogP contribution < -0.4 is 5.32 Å². The van der Waals surface area contributed by atoms with Gasteiger partial charge in [-0.05, 0) is 63.6 Å². The van der Waals surface area contributed by atoms with Gasteiger partial charge in [-0.2, -0.15) is 0 Å². The maximum atomic E-state index is 12.4. The van der Waals surface area contributed by atoms with Gasteiger partial charge in [-0.25, -0.2) is 4.79 Å². The summed E-state index contributed by atoms with van der Waals surface area (Å²) in [7, 11) is 0. The van der Waals surface area contributed by atoms with Gasteiger partial charge in [0, 0.05) is 25.7 Å². The minimum atomic E-state index is -0.465. The first kappa shape index (κ1) is 19.6. The van der Waals surface area contributed by atoms with Crippen LogP contribution in [0.4, 0.5) is 4.79 Å². The molecule has 0 saturated carbocycles. The van der Waals surface area contributed by atoms with E-state index < -0.39 is 5.60 Å². The van der Waals surface area contributed by atoms with Gasteiger partial charge in [-0.1, -0.05) is 19.1 Å². The van der Waals surface area contributed by atoms with Crippen molar-refractivity contribution in [1.82, 2.24) is 10.2 Å². The molecule has 2 rings (SSSR count). The van der Waals surface area contributed by atoms with Gasteiger partial charge in [0.2, 0.25) is 0 Å². The van der Waals surface area contributed by atoms with Gasteiger partial charge in [-0.3, -0.25) is 0 Å². The molecule has 0 radical (unpaired) electrons. The monoisotopic (exact) mass is 348 g/mol. The number of hydrogen-bond acceptors (Lipinski definition) is 4. The lowest BCUT2D eigenvalue weighted by molar-refractivity contribution is 0.00652. The zero-order valence-electron chi connectivity index (χ0n) is 16.1. The fraction of sp³-hybridized carbons (Fsp3) is 0.650. The number of likely N-dealkylation sites (tertiary alicyclic amines) is 1. The van der Waals surface area contributed by atoms with Crippen LogP contribution in [-0.4, -0.2) is 41.3 Å². The van der Waals surface area contributed by atoms with Crippen molar-refractivity contribution >= 4 is 6.09 Å². The number of carbonyl (C=O) groups excluding carboxylic acids is 1. The normalized spacial score (nSPS) is 22.5. The van der Waals surface area contributed by atoms with Gasteiger partial charge in [0.1, 0.15) is 11.4 Å². The Morgan fingerprint density at radius 2 is 2.16 bits per heavy atom. The summed E-state index contributed by atoms with van der Waals surface area (Å²) in [5, 5.41) is 13.2. The van der Waals surface area contributed by atoms with Crippen LogP contribution in [0.5, 0.6) is 5.75 Å². The van der Waals surface area contributed by atoms with E-state index in [-0.39, 0.29) is 23.3 Å². The summed E-state index contributed by atoms with van der Waals surface area (Å²) in [4.78, 5) is 14.2. The van der Waals surface area contributed by atoms with Crippen molar-refractivity contribution in [3.63, 3.8) is 0 Å². The van der Waals surface area contributed by atoms with Crippen molar-refractivity contribution in [3.05, 3.63) is 29.8 Å². The first-order chi connectivity index (χ1) is 11.6. The maximum Gasteiger partial charge on any atom is 0.410 e. The molecule has 2 atom stereocenters. The number of rotatable bonds is 4. The number of phenolic OH excluding ortho intramolecular Hbond substituents is 1. The Labute approximate surface area is 151 Å². The minimum Gasteiger partial charge on any atom is -0.508 e. The zero-order valence-corrected chi connectivity index (χ0v) is 16.1. The highest BCUT2D eigenvalue weighted by Gasteiger charge is 2.35. The van der Waals surface area contributed by atoms with Gasteiger partial charge in [0.25, 0.3) is 0 Å². The summed E-state index contributed by atoms with van der Waals surface area (Å²) in [5.41, 5.74) is 0.608. The molecule has 1 amide bonds. The molecule has 5 nitrogen and oxygen atoms in total. The van der Waals surface area contributed by atoms with E-state index in [2.05, 4.69) is 19.2 Å². The van der Waals surface area contributed by atoms with Gasteiger partial charge in [-0.15, -0.1) is 0 Å². The number of benzene rings is 1. The Balaban J connectivity index is 1.93. The molecule has 1 aliphatic rings. The third kappa shape index (κ3) is 5.92. The van der Waals surface area contributed by atoms with E-state index in [0.717, 1.165) is 31.5 Å². The number of carbonyl (C=O) groups is 1. The van der Waals surface area contributed by atoms with Gasteiger partial charge < -0.3 is 20.1 Å². The molecular formula is C20H32N2O3. The fourth-order valence-electron chi connectivity index (χ4n) is 3.25. The lowest BCUT2D eigenvalue weighted by atomic mass is 9.81. The molecule has 1 heterocycles. The van der Waals surface area contributed by atoms with E-state index in [0.29, 0.717) is 6.54 Å². The predicted octanol–water partition coefficient (Wildman–Crippen LogP) is 4.08. The van der Waals surface area contributed by atoms with E-state index >= 15 is 0 Å². The van der Waals surface area contributed by atoms with Crippen LogP contribution in [0.3, 0.4) is 0 Å². The predicted molar refractivity (Wildman–Crippen MR) is 99.7 cm³/mol. The fourth-order valence-corrected chi connectivity index (χ4v) is 3.25. The number of nitrogens with one attached hydrogen (secondary N) is 1. The second-order valence-corrected chi connectivity index (χ2v) is 8.51. The average Bonchev–Trinajstić information content (AvgIpc) is 2.51. The Morgan fingerprint density at radius 1 is 1.44 bits per heavy atom. The molecule has 0 aromatic heterocycles. The number of nitrogens with zero attached hydrogens (tertiary/aromatic N) is 1. The molecule has 0 bridgehead atoms. The molecule has 1 aromatic carbocycles. The molecule has 1 fully saturated rings. The van der Waals surface area contributed by atoms with E-state index in [9.17, 15) is 9.90 Å². The number of amides is 1. The molecule has 2 N–H and O–H groups in total. The SMILES string of the molecule is CC(NCC1(C)CCCN(C(=O)OC(C)(C)C)C1)c1cccc(O)c1. The van der Waals surface area contributed by atoms with Gasteiger partial charge in [0.15, 0.2) is 0 Å². The average molecular weight is 348 g/mol. The van der Waals surface area contributed by atoms with Crippen LogP contribution in [0.2, 0.25) is 0 Å². The lowest BCUT2D eigenvalue weighted by Crippen LogP contribution is -2.50. The first-order valence-corrected chi connectivity index (χ1v) is 9.08. The summed E-state index contributed by atoms with van der Waals surface area (Å²) in [6.07, 6.45) is 1.84. The summed E-state index contributed by atoms with van der Waals surface area (Å²) >= 11 is 0. The molecule has 0 spiro atoms. The van der Waals surface area contributed by atoms with Crippen LogP contribution in [0.15, 0.2) is 24.3 Å². The zero-order chi connectivity index (χ0) is 18.7. The Kier molecular flexibility index (Phi) is 5.99. The standard InChI is InChI=1S/C20H32N2O3/c1-15(16-8-6-9-17(23)12-16)21-13-20(5)10-7-11-22(14-20)18(24)25-19(2,3)4/h6,8-9,12,15,21,23H,7,10-11,13-14H2,1-5H3. The van der Waals surface area contributed by atoms with Crippen LogP contribution in [0.1, 0.15) is 59.1 Å². The molecule has 0 aliphatic carbocycles. The minimum absolute atomic E-state index is 0.0141. The molecule has 5 heteroatoms. The Hall–Kier alpha value is -1.75. The molecule has 140 valence electrons. The summed E-state index contributed by atoms with van der Waals surface area (Å²) in [5.74, 6) is 0.283. The second-order valence-electron chi connectivity index (χ2n) is 8.51. The number of piperidine rings is 1. The summed E-state index contributed by atoms with van der Waals surface area (Å²) in [6, 6.07) is 7.47. The van der Waals surface area contributed by atoms with Crippen molar-refractivity contribution in [1.29, 1.82) is 0 Å². The smallest absolute Gasteiger partial charge is 0.410 e. The molecular weight excluding hydrogens is 316 g/mol. The largest absolute Gasteiger partial charge is 0.508 e. The van der Waals surface area contributed by atoms with Crippen LogP contribution >= 0.6 is 0 Å². The topological polar surface area (TPSA) is 61.8 Å². The molecule has 1 aromatic rings. The summed E-state index contributed by atoms with van der Waals surface area (Å²) in [6.45, 7) is 12.3. The Bertz CT molecular complexity index is 597. The van der Waals surface area contributed by atoms with Crippen LogP contribution in [0.25, 0.3) is 0 Å². The number of hydrogen-bond donors (Lipinski definition) is 2. The molecule has 25 heavy (non-hydrogen) atoms. The number of phenols is 1. The highest BCUT2D eigenvalue weighted by Crippen LogP contribution is 2.30. The third-order valence-electron chi connectivity index (χ3n) is 4.64. The van der Waals surface area contributed by atoms with E-state index in [4.69, 9.17) is 4.74 Å². The van der Waals surface area contributed by atoms with Gasteiger partial charge >= 0.3 is 6.09 Å². The number of ether oxygens (including phenoxy) is 1. The van der Waals surface area contributed by atoms with Crippen molar-refractivity contribution in [2.45, 2.75) is 59.1 Å². The third-order valence-corrected chi connectivity index (χ3v) is 4.64. The quantitative estimate of drug-likeness (QED) is 0.861. The molecule has 1 saturated heterocycles. The maximum absolute atomic E-state index is 12.4. The molecule has 2 unspecified atom stereocenters. The van der Waals surface area contributed by atoms with Crippen molar-refractivity contribution in [2.75, 3.05) is 19.6 Å². The Morgan fingerprint density at radius 3 is 2.80 bits per heavy atom. The highest BCUT2D eigenvalue weighted by atomic mass is 16.6. The number of aromatic hydroxyl groups is 1.